The van der Waals surface area contributed by atoms with E-state index in [-0.39, 0.29) is 18.5 Å². The van der Waals surface area contributed by atoms with E-state index in [4.69, 9.17) is 4.74 Å². The molecule has 0 aliphatic heterocycles. The van der Waals surface area contributed by atoms with Crippen molar-refractivity contribution in [1.82, 2.24) is 5.32 Å². The molecule has 0 spiro atoms. The number of nitrogens with one attached hydrogen (secondary N) is 1. The molecule has 0 rings (SSSR count). The summed E-state index contributed by atoms with van der Waals surface area (Å²) in [6, 6.07) is -0.632. The van der Waals surface area contributed by atoms with E-state index in [1.807, 2.05) is 6.08 Å². The third-order valence-electron chi connectivity index (χ3n) is 15.4. The van der Waals surface area contributed by atoms with Gasteiger partial charge in [-0.1, -0.05) is 333 Å². The molecule has 6 heteroatoms. The second kappa shape index (κ2) is 63.6. The highest BCUT2D eigenvalue weighted by Gasteiger charge is 2.18. The Kier molecular flexibility index (Phi) is 62.0. The average Bonchev–Trinajstić information content (AvgIpc) is 3.40. The predicted molar refractivity (Wildman–Crippen MR) is 324 cm³/mol. The average molecular weight is 1040 g/mol. The molecule has 0 bridgehead atoms. The van der Waals surface area contributed by atoms with Crippen molar-refractivity contribution < 1.29 is 24.5 Å². The van der Waals surface area contributed by atoms with Crippen LogP contribution in [0.5, 0.6) is 0 Å². The van der Waals surface area contributed by atoms with Gasteiger partial charge in [-0.15, -0.1) is 0 Å². The highest BCUT2D eigenvalue weighted by atomic mass is 16.5. The number of carbonyl (C=O) groups excluding carboxylic acids is 2. The number of rotatable bonds is 62. The number of carbonyl (C=O) groups is 2. The minimum atomic E-state index is -0.849. The molecule has 6 nitrogen and oxygen atoms in total. The first-order valence-corrected chi connectivity index (χ1v) is 33.3. The van der Waals surface area contributed by atoms with Gasteiger partial charge in [0.2, 0.25) is 5.91 Å². The van der Waals surface area contributed by atoms with Crippen molar-refractivity contribution in [2.75, 3.05) is 13.2 Å². The maximum absolute atomic E-state index is 12.5. The fourth-order valence-electron chi connectivity index (χ4n) is 10.4. The van der Waals surface area contributed by atoms with Crippen LogP contribution < -0.4 is 5.32 Å². The van der Waals surface area contributed by atoms with Gasteiger partial charge >= 0.3 is 5.97 Å². The summed E-state index contributed by atoms with van der Waals surface area (Å²) in [4.78, 5) is 24.6. The molecule has 0 aromatic heterocycles. The number of aliphatic hydroxyl groups is 2. The molecule has 0 saturated heterocycles. The molecule has 0 fully saturated rings. The van der Waals surface area contributed by atoms with E-state index in [2.05, 4.69) is 43.5 Å². The summed E-state index contributed by atoms with van der Waals surface area (Å²) in [5.41, 5.74) is 0. The third kappa shape index (κ3) is 59.3. The van der Waals surface area contributed by atoms with Gasteiger partial charge in [-0.05, 0) is 51.4 Å². The van der Waals surface area contributed by atoms with Crippen LogP contribution in [0.3, 0.4) is 0 Å². The Bertz CT molecular complexity index is 1200. The number of hydrogen-bond acceptors (Lipinski definition) is 5. The standard InChI is InChI=1S/C68H129NO5/c1-3-5-7-9-11-13-15-17-19-21-28-32-36-40-44-48-52-56-60-66(71)65(64-70)69-67(72)61-57-53-49-45-41-37-33-29-26-24-23-25-27-31-35-39-43-47-51-55-59-63-74-68(73)62-58-54-50-46-42-38-34-30-22-20-18-16-14-12-10-8-6-4-2/h39,43,51,55-56,60,65-66,70-71H,3-38,40-42,44-50,52-54,57-59,61-64H2,1-2H3,(H,69,72)/b43-39-,55-51-,60-56+. The molecule has 0 aromatic carbocycles. The van der Waals surface area contributed by atoms with Crippen molar-refractivity contribution in [3.63, 3.8) is 0 Å². The second-order valence-electron chi connectivity index (χ2n) is 22.8. The summed E-state index contributed by atoms with van der Waals surface area (Å²) < 4.78 is 5.44. The molecule has 0 aliphatic carbocycles. The smallest absolute Gasteiger partial charge is 0.305 e. The van der Waals surface area contributed by atoms with Gasteiger partial charge in [0.05, 0.1) is 25.4 Å². The molecule has 2 unspecified atom stereocenters. The third-order valence-corrected chi connectivity index (χ3v) is 15.4. The van der Waals surface area contributed by atoms with Crippen LogP contribution in [-0.2, 0) is 14.3 Å². The SMILES string of the molecule is CCCCCCCCCCCCCCCCCC/C=C/C(O)C(CO)NC(=O)CCCCCCCCCCCCCCCC/C=C\C/C=C\CCOC(=O)CCCCCCCCCCCCCCCCCCCC. The van der Waals surface area contributed by atoms with Crippen LogP contribution in [0.25, 0.3) is 0 Å². The van der Waals surface area contributed by atoms with Crippen molar-refractivity contribution in [3.8, 4) is 0 Å². The van der Waals surface area contributed by atoms with Gasteiger partial charge in [-0.3, -0.25) is 9.59 Å². The van der Waals surface area contributed by atoms with E-state index in [1.165, 1.54) is 283 Å². The predicted octanol–water partition coefficient (Wildman–Crippen LogP) is 21.1. The van der Waals surface area contributed by atoms with Crippen LogP contribution in [0.2, 0.25) is 0 Å². The fraction of sp³-hybridized carbons (Fsp3) is 0.882. The van der Waals surface area contributed by atoms with Gasteiger partial charge < -0.3 is 20.3 Å². The van der Waals surface area contributed by atoms with Gasteiger partial charge in [0, 0.05) is 12.8 Å². The van der Waals surface area contributed by atoms with Crippen LogP contribution in [0.1, 0.15) is 361 Å². The Morgan fingerprint density at radius 2 is 0.676 bits per heavy atom. The molecule has 436 valence electrons. The molecule has 74 heavy (non-hydrogen) atoms. The normalized spacial score (nSPS) is 12.8. The number of ether oxygens (including phenoxy) is 1. The molecule has 2 atom stereocenters. The maximum Gasteiger partial charge on any atom is 0.305 e. The highest BCUT2D eigenvalue weighted by molar-refractivity contribution is 5.76. The zero-order valence-electron chi connectivity index (χ0n) is 49.8. The monoisotopic (exact) mass is 1040 g/mol. The summed E-state index contributed by atoms with van der Waals surface area (Å²) in [7, 11) is 0. The summed E-state index contributed by atoms with van der Waals surface area (Å²) in [6.45, 7) is 4.83. The Balaban J connectivity index is 3.46. The Morgan fingerprint density at radius 1 is 0.378 bits per heavy atom. The van der Waals surface area contributed by atoms with Crippen LogP contribution >= 0.6 is 0 Å². The second-order valence-corrected chi connectivity index (χ2v) is 22.8. The van der Waals surface area contributed by atoms with Crippen LogP contribution in [0.15, 0.2) is 36.5 Å². The van der Waals surface area contributed by atoms with Crippen molar-refractivity contribution in [3.05, 3.63) is 36.5 Å². The lowest BCUT2D eigenvalue weighted by atomic mass is 10.0. The lowest BCUT2D eigenvalue weighted by Gasteiger charge is -2.20. The fourth-order valence-corrected chi connectivity index (χ4v) is 10.4. The molecule has 3 N–H and O–H groups in total. The number of esters is 1. The first kappa shape index (κ1) is 72.1. The minimum absolute atomic E-state index is 0.0311. The molecular weight excluding hydrogens is 911 g/mol. The number of unbranched alkanes of at least 4 members (excludes halogenated alkanes) is 47. The number of allylic oxidation sites excluding steroid dienone is 4. The topological polar surface area (TPSA) is 95.9 Å². The number of amides is 1. The zero-order chi connectivity index (χ0) is 53.6. The minimum Gasteiger partial charge on any atom is -0.465 e. The van der Waals surface area contributed by atoms with Gasteiger partial charge in [-0.25, -0.2) is 0 Å². The lowest BCUT2D eigenvalue weighted by molar-refractivity contribution is -0.143. The van der Waals surface area contributed by atoms with Crippen molar-refractivity contribution in [1.29, 1.82) is 0 Å². The van der Waals surface area contributed by atoms with E-state index in [1.54, 1.807) is 6.08 Å². The van der Waals surface area contributed by atoms with E-state index in [0.717, 1.165) is 51.4 Å². The summed E-state index contributed by atoms with van der Waals surface area (Å²) in [5.74, 6) is -0.101. The molecule has 0 aromatic rings. The van der Waals surface area contributed by atoms with Crippen LogP contribution in [0.4, 0.5) is 0 Å². The summed E-state index contributed by atoms with van der Waals surface area (Å²) in [6.07, 6.45) is 80.7. The Hall–Kier alpha value is -1.92. The Labute approximate surface area is 462 Å². The van der Waals surface area contributed by atoms with Gasteiger partial charge in [-0.2, -0.15) is 0 Å². The molecule has 1 amide bonds. The lowest BCUT2D eigenvalue weighted by Crippen LogP contribution is -2.45. The van der Waals surface area contributed by atoms with Crippen molar-refractivity contribution >= 4 is 11.9 Å². The quantitative estimate of drug-likeness (QED) is 0.0320. The summed E-state index contributed by atoms with van der Waals surface area (Å²) in [5, 5.41) is 23.2. The van der Waals surface area contributed by atoms with E-state index in [9.17, 15) is 19.8 Å². The summed E-state index contributed by atoms with van der Waals surface area (Å²) >= 11 is 0. The van der Waals surface area contributed by atoms with Gasteiger partial charge in [0.1, 0.15) is 0 Å². The van der Waals surface area contributed by atoms with Crippen LogP contribution in [-0.4, -0.2) is 47.4 Å². The van der Waals surface area contributed by atoms with E-state index < -0.39 is 12.1 Å². The molecule has 0 radical (unpaired) electrons. The number of hydrogen-bond donors (Lipinski definition) is 3. The van der Waals surface area contributed by atoms with E-state index in [0.29, 0.717) is 19.4 Å². The molecule has 0 aliphatic rings. The molecule has 0 saturated carbocycles. The zero-order valence-corrected chi connectivity index (χ0v) is 49.8. The highest BCUT2D eigenvalue weighted by Crippen LogP contribution is 2.18. The van der Waals surface area contributed by atoms with Crippen molar-refractivity contribution in [2.24, 2.45) is 0 Å². The van der Waals surface area contributed by atoms with E-state index >= 15 is 0 Å². The van der Waals surface area contributed by atoms with Gasteiger partial charge in [0.15, 0.2) is 0 Å². The molecule has 0 heterocycles. The molecular formula is C68H129NO5. The van der Waals surface area contributed by atoms with Crippen molar-refractivity contribution in [2.45, 2.75) is 373 Å². The maximum atomic E-state index is 12.5. The largest absolute Gasteiger partial charge is 0.465 e. The van der Waals surface area contributed by atoms with Gasteiger partial charge in [0.25, 0.3) is 0 Å². The first-order valence-electron chi connectivity index (χ1n) is 33.3. The Morgan fingerprint density at radius 3 is 1.03 bits per heavy atom. The number of aliphatic hydroxyl groups excluding tert-OH is 2. The van der Waals surface area contributed by atoms with Crippen LogP contribution in [0, 0.1) is 0 Å². The first-order chi connectivity index (χ1) is 36.5.